The van der Waals surface area contributed by atoms with Gasteiger partial charge < -0.3 is 26.0 Å². The number of amides is 2. The molecule has 5 N–H and O–H groups in total. The van der Waals surface area contributed by atoms with E-state index in [1.54, 1.807) is 12.1 Å². The van der Waals surface area contributed by atoms with E-state index in [0.717, 1.165) is 48.1 Å². The number of hydrogen-bond donors (Lipinski definition) is 4. The number of hydrogen-bond acceptors (Lipinski definition) is 5. The minimum Gasteiger partial charge on any atom is -0.478 e. The molecule has 1 aliphatic rings. The molecule has 38 heavy (non-hydrogen) atoms. The normalized spacial score (nSPS) is 14.3. The summed E-state index contributed by atoms with van der Waals surface area (Å²) in [5, 5.41) is 18.1. The summed E-state index contributed by atoms with van der Waals surface area (Å²) >= 11 is 0. The number of carbonyl (C=O) groups is 3. The van der Waals surface area contributed by atoms with E-state index in [9.17, 15) is 19.5 Å². The van der Waals surface area contributed by atoms with Crippen molar-refractivity contribution in [2.24, 2.45) is 11.7 Å². The maximum absolute atomic E-state index is 12.9. The van der Waals surface area contributed by atoms with Crippen LogP contribution < -0.4 is 16.4 Å². The van der Waals surface area contributed by atoms with Crippen LogP contribution in [-0.2, 0) is 11.3 Å². The van der Waals surface area contributed by atoms with Crippen LogP contribution in [0.3, 0.4) is 0 Å². The molecule has 4 aromatic rings. The Kier molecular flexibility index (Phi) is 6.86. The Morgan fingerprint density at radius 1 is 1.08 bits per heavy atom. The van der Waals surface area contributed by atoms with Gasteiger partial charge in [-0.3, -0.25) is 9.59 Å². The van der Waals surface area contributed by atoms with Gasteiger partial charge in [-0.25, -0.2) is 9.78 Å². The summed E-state index contributed by atoms with van der Waals surface area (Å²) in [6.07, 6.45) is 1.49. The summed E-state index contributed by atoms with van der Waals surface area (Å²) in [7, 11) is 0. The summed E-state index contributed by atoms with van der Waals surface area (Å²) in [5.74, 6) is -1.02. The number of nitrogens with two attached hydrogens (primary N) is 1. The van der Waals surface area contributed by atoms with Gasteiger partial charge in [0.2, 0.25) is 11.8 Å². The lowest BCUT2D eigenvalue weighted by Gasteiger charge is -2.22. The van der Waals surface area contributed by atoms with Gasteiger partial charge in [0.05, 0.1) is 11.1 Å². The number of benzene rings is 3. The number of carboxylic acid groups (broad SMARTS) is 1. The molecule has 5 rings (SSSR count). The fourth-order valence-electron chi connectivity index (χ4n) is 5.14. The lowest BCUT2D eigenvalue weighted by atomic mass is 9.97. The number of carboxylic acids is 1. The van der Waals surface area contributed by atoms with Crippen LogP contribution in [0.1, 0.15) is 64.7 Å². The van der Waals surface area contributed by atoms with Gasteiger partial charge in [0, 0.05) is 29.6 Å². The van der Waals surface area contributed by atoms with Crippen molar-refractivity contribution in [3.05, 3.63) is 71.0 Å². The average molecular weight is 514 g/mol. The predicted octanol–water partition coefficient (Wildman–Crippen LogP) is 4.10. The van der Waals surface area contributed by atoms with E-state index in [-0.39, 0.29) is 23.3 Å². The Morgan fingerprint density at radius 2 is 1.82 bits per heavy atom. The highest BCUT2D eigenvalue weighted by atomic mass is 16.4. The van der Waals surface area contributed by atoms with Crippen LogP contribution in [-0.4, -0.2) is 45.5 Å². The lowest BCUT2D eigenvalue weighted by molar-refractivity contribution is -0.120. The molecular weight excluding hydrogens is 482 g/mol. The number of nitrogens with one attached hydrogen (secondary N) is 2. The number of fused-ring (bicyclic) bond motifs is 2. The van der Waals surface area contributed by atoms with Gasteiger partial charge in [-0.15, -0.1) is 0 Å². The van der Waals surface area contributed by atoms with E-state index < -0.39 is 11.9 Å². The second-order valence-corrected chi connectivity index (χ2v) is 10.2. The van der Waals surface area contributed by atoms with Crippen molar-refractivity contribution >= 4 is 45.3 Å². The SMILES string of the molecule is CC(C)c1nc2c(C(=O)O)cc(NC(=O)C3CCNCC3)cc2n1Cc1ccc2ccc(C(N)=O)cc2c1. The van der Waals surface area contributed by atoms with Crippen molar-refractivity contribution in [1.29, 1.82) is 0 Å². The predicted molar refractivity (Wildman–Crippen MR) is 147 cm³/mol. The van der Waals surface area contributed by atoms with Crippen molar-refractivity contribution in [2.45, 2.75) is 39.2 Å². The molecule has 1 aliphatic heterocycles. The van der Waals surface area contributed by atoms with Crippen LogP contribution in [0.15, 0.2) is 48.5 Å². The zero-order chi connectivity index (χ0) is 27.0. The molecule has 2 amide bonds. The molecule has 9 heteroatoms. The van der Waals surface area contributed by atoms with E-state index in [1.165, 1.54) is 6.07 Å². The van der Waals surface area contributed by atoms with Crippen LogP contribution >= 0.6 is 0 Å². The first-order valence-electron chi connectivity index (χ1n) is 12.8. The Morgan fingerprint density at radius 3 is 2.50 bits per heavy atom. The number of aromatic nitrogens is 2. The Labute approximate surface area is 220 Å². The summed E-state index contributed by atoms with van der Waals surface area (Å²) in [5.41, 5.74) is 8.39. The second kappa shape index (κ2) is 10.3. The van der Waals surface area contributed by atoms with Crippen LogP contribution in [0.4, 0.5) is 5.69 Å². The van der Waals surface area contributed by atoms with Crippen LogP contribution in [0.25, 0.3) is 21.8 Å². The molecular formula is C29H31N5O4. The highest BCUT2D eigenvalue weighted by molar-refractivity contribution is 6.05. The van der Waals surface area contributed by atoms with Gasteiger partial charge in [-0.05, 0) is 72.6 Å². The van der Waals surface area contributed by atoms with Crippen LogP contribution in [0.2, 0.25) is 0 Å². The molecule has 196 valence electrons. The zero-order valence-electron chi connectivity index (χ0n) is 21.5. The van der Waals surface area contributed by atoms with Crippen molar-refractivity contribution in [3.8, 4) is 0 Å². The van der Waals surface area contributed by atoms with E-state index >= 15 is 0 Å². The van der Waals surface area contributed by atoms with E-state index in [0.29, 0.717) is 28.8 Å². The molecule has 1 aromatic heterocycles. The Bertz CT molecular complexity index is 1570. The van der Waals surface area contributed by atoms with Crippen molar-refractivity contribution in [1.82, 2.24) is 14.9 Å². The molecule has 3 aromatic carbocycles. The number of imidazole rings is 1. The van der Waals surface area contributed by atoms with Crippen LogP contribution in [0.5, 0.6) is 0 Å². The number of primary amides is 1. The summed E-state index contributed by atoms with van der Waals surface area (Å²) in [6.45, 7) is 6.03. The first-order chi connectivity index (χ1) is 18.2. The number of aromatic carboxylic acids is 1. The smallest absolute Gasteiger partial charge is 0.338 e. The monoisotopic (exact) mass is 513 g/mol. The third-order valence-corrected chi connectivity index (χ3v) is 7.14. The van der Waals surface area contributed by atoms with Gasteiger partial charge in [-0.2, -0.15) is 0 Å². The van der Waals surface area contributed by atoms with Crippen molar-refractivity contribution in [2.75, 3.05) is 18.4 Å². The molecule has 1 fully saturated rings. The fraction of sp³-hybridized carbons (Fsp3) is 0.310. The topological polar surface area (TPSA) is 139 Å². The minimum absolute atomic E-state index is 0.0266. The third kappa shape index (κ3) is 4.97. The second-order valence-electron chi connectivity index (χ2n) is 10.2. The first-order valence-corrected chi connectivity index (χ1v) is 12.8. The number of rotatable bonds is 7. The zero-order valence-corrected chi connectivity index (χ0v) is 21.5. The molecule has 2 heterocycles. The van der Waals surface area contributed by atoms with Crippen molar-refractivity contribution < 1.29 is 19.5 Å². The van der Waals surface area contributed by atoms with Gasteiger partial charge in [-0.1, -0.05) is 32.0 Å². The van der Waals surface area contributed by atoms with Crippen molar-refractivity contribution in [3.63, 3.8) is 0 Å². The number of nitrogens with zero attached hydrogens (tertiary/aromatic N) is 2. The number of anilines is 1. The standard InChI is InChI=1S/C29H31N5O4/c1-16(2)27-33-25-23(29(37)38)13-22(32-28(36)19-7-9-31-10-8-19)14-24(25)34(27)15-17-3-4-18-5-6-20(26(30)35)12-21(18)11-17/h3-6,11-14,16,19,31H,7-10,15H2,1-2H3,(H2,30,35)(H,32,36)(H,37,38). The first kappa shape index (κ1) is 25.4. The van der Waals surface area contributed by atoms with E-state index in [4.69, 9.17) is 10.7 Å². The highest BCUT2D eigenvalue weighted by Gasteiger charge is 2.24. The molecule has 0 atom stereocenters. The molecule has 0 saturated carbocycles. The molecule has 0 aliphatic carbocycles. The third-order valence-electron chi connectivity index (χ3n) is 7.14. The molecule has 0 spiro atoms. The highest BCUT2D eigenvalue weighted by Crippen LogP contribution is 2.30. The Balaban J connectivity index is 1.58. The molecule has 1 saturated heterocycles. The molecule has 9 nitrogen and oxygen atoms in total. The molecule has 0 unspecified atom stereocenters. The van der Waals surface area contributed by atoms with Crippen LogP contribution in [0, 0.1) is 5.92 Å². The summed E-state index contributed by atoms with van der Waals surface area (Å²) in [4.78, 5) is 41.6. The average Bonchev–Trinajstić information content (AvgIpc) is 3.26. The maximum atomic E-state index is 12.9. The van der Waals surface area contributed by atoms with E-state index in [1.807, 2.05) is 48.7 Å². The molecule has 0 radical (unpaired) electrons. The summed E-state index contributed by atoms with van der Waals surface area (Å²) < 4.78 is 2.01. The van der Waals surface area contributed by atoms with Gasteiger partial charge in [0.1, 0.15) is 11.3 Å². The number of piperidine rings is 1. The fourth-order valence-corrected chi connectivity index (χ4v) is 5.14. The lowest BCUT2D eigenvalue weighted by Crippen LogP contribution is -2.34. The van der Waals surface area contributed by atoms with Gasteiger partial charge in [0.25, 0.3) is 0 Å². The largest absolute Gasteiger partial charge is 0.478 e. The van der Waals surface area contributed by atoms with E-state index in [2.05, 4.69) is 10.6 Å². The minimum atomic E-state index is -1.10. The van der Waals surface area contributed by atoms with Gasteiger partial charge in [0.15, 0.2) is 0 Å². The van der Waals surface area contributed by atoms with Gasteiger partial charge >= 0.3 is 5.97 Å². The quantitative estimate of drug-likeness (QED) is 0.293. The Hall–Kier alpha value is -4.24. The number of carbonyl (C=O) groups excluding carboxylic acids is 2. The maximum Gasteiger partial charge on any atom is 0.338 e. The molecule has 0 bridgehead atoms. The summed E-state index contributed by atoms with van der Waals surface area (Å²) in [6, 6.07) is 14.6.